The highest BCUT2D eigenvalue weighted by atomic mass is 19.1. The van der Waals surface area contributed by atoms with Crippen LogP contribution in [0.1, 0.15) is 49.4 Å². The van der Waals surface area contributed by atoms with Gasteiger partial charge in [-0.15, -0.1) is 0 Å². The van der Waals surface area contributed by atoms with Gasteiger partial charge in [-0.3, -0.25) is 4.79 Å². The second kappa shape index (κ2) is 6.64. The number of nitrogens with zero attached hydrogens (tertiary/aromatic N) is 2. The minimum absolute atomic E-state index is 0.0939. The molecule has 0 N–H and O–H groups in total. The maximum absolute atomic E-state index is 13.5. The zero-order chi connectivity index (χ0) is 13.7. The van der Waals surface area contributed by atoms with Crippen LogP contribution in [0.2, 0.25) is 0 Å². The van der Waals surface area contributed by atoms with Gasteiger partial charge in [0.05, 0.1) is 5.56 Å². The van der Waals surface area contributed by atoms with Crippen LogP contribution in [0.5, 0.6) is 0 Å². The van der Waals surface area contributed by atoms with Crippen LogP contribution in [0.4, 0.5) is 4.39 Å². The van der Waals surface area contributed by atoms with Crippen LogP contribution in [0, 0.1) is 11.9 Å². The Bertz CT molecular complexity index is 436. The van der Waals surface area contributed by atoms with E-state index in [2.05, 4.69) is 11.9 Å². The van der Waals surface area contributed by atoms with E-state index in [1.807, 2.05) is 0 Å². The van der Waals surface area contributed by atoms with Crippen LogP contribution in [0.25, 0.3) is 0 Å². The fourth-order valence-corrected chi connectivity index (χ4v) is 2.78. The molecule has 1 aromatic heterocycles. The number of halogens is 1. The van der Waals surface area contributed by atoms with E-state index in [0.29, 0.717) is 5.92 Å². The number of carbonyl (C=O) groups excluding carboxylic acids is 1. The van der Waals surface area contributed by atoms with Gasteiger partial charge in [0, 0.05) is 19.3 Å². The third-order valence-corrected chi connectivity index (χ3v) is 3.82. The van der Waals surface area contributed by atoms with Gasteiger partial charge >= 0.3 is 0 Å². The highest BCUT2D eigenvalue weighted by molar-refractivity contribution is 5.94. The highest BCUT2D eigenvalue weighted by Crippen LogP contribution is 2.23. The second-order valence-electron chi connectivity index (χ2n) is 5.22. The molecule has 2 rings (SSSR count). The largest absolute Gasteiger partial charge is 0.338 e. The summed E-state index contributed by atoms with van der Waals surface area (Å²) in [6, 6.07) is 3.12. The second-order valence-corrected chi connectivity index (χ2v) is 5.22. The Morgan fingerprint density at radius 3 is 3.05 bits per heavy atom. The molecule has 0 saturated carbocycles. The summed E-state index contributed by atoms with van der Waals surface area (Å²) in [5.41, 5.74) is 0.0939. The van der Waals surface area contributed by atoms with Gasteiger partial charge < -0.3 is 4.90 Å². The molecule has 1 atom stereocenters. The quantitative estimate of drug-likeness (QED) is 0.785. The molecule has 1 aliphatic rings. The van der Waals surface area contributed by atoms with Crippen molar-refractivity contribution in [2.45, 2.75) is 39.0 Å². The summed E-state index contributed by atoms with van der Waals surface area (Å²) in [7, 11) is 0. The molecule has 1 unspecified atom stereocenters. The molecule has 0 spiro atoms. The Balaban J connectivity index is 2.02. The summed E-state index contributed by atoms with van der Waals surface area (Å²) in [6.45, 7) is 3.66. The predicted octanol–water partition coefficient (Wildman–Crippen LogP) is 3.26. The molecule has 1 saturated heterocycles. The van der Waals surface area contributed by atoms with E-state index in [-0.39, 0.29) is 11.5 Å². The van der Waals surface area contributed by atoms with Crippen molar-refractivity contribution in [2.24, 2.45) is 5.92 Å². The lowest BCUT2D eigenvalue weighted by atomic mass is 9.96. The summed E-state index contributed by atoms with van der Waals surface area (Å²) >= 11 is 0. The number of amides is 1. The normalized spacial score (nSPS) is 20.1. The molecule has 1 aliphatic heterocycles. The lowest BCUT2D eigenvalue weighted by molar-refractivity contribution is 0.0754. The van der Waals surface area contributed by atoms with Gasteiger partial charge in [0.1, 0.15) is 0 Å². The number of pyridine rings is 1. The maximum atomic E-state index is 13.5. The first-order chi connectivity index (χ1) is 9.22. The average Bonchev–Trinajstić information content (AvgIpc) is 2.65. The number of hydrogen-bond acceptors (Lipinski definition) is 2. The Kier molecular flexibility index (Phi) is 4.88. The molecule has 0 bridgehead atoms. The molecule has 0 aromatic carbocycles. The van der Waals surface area contributed by atoms with Gasteiger partial charge in [0.15, 0.2) is 0 Å². The van der Waals surface area contributed by atoms with E-state index in [1.165, 1.54) is 31.5 Å². The maximum Gasteiger partial charge on any atom is 0.258 e. The third kappa shape index (κ3) is 3.52. The van der Waals surface area contributed by atoms with Crippen LogP contribution in [0.3, 0.4) is 0 Å². The van der Waals surface area contributed by atoms with E-state index < -0.39 is 5.95 Å². The minimum atomic E-state index is -0.665. The predicted molar refractivity (Wildman–Crippen MR) is 72.3 cm³/mol. The highest BCUT2D eigenvalue weighted by Gasteiger charge is 2.23. The van der Waals surface area contributed by atoms with Crippen LogP contribution in [-0.2, 0) is 0 Å². The first-order valence-corrected chi connectivity index (χ1v) is 7.12. The standard InChI is InChI=1S/C15H21FN2O/c1-2-5-12-6-4-10-18(11-8-12)15(19)13-7-3-9-17-14(13)16/h3,7,9,12H,2,4-6,8,10-11H2,1H3. The average molecular weight is 264 g/mol. The summed E-state index contributed by atoms with van der Waals surface area (Å²) in [5.74, 6) is -0.175. The molecule has 1 fully saturated rings. The molecule has 2 heterocycles. The van der Waals surface area contributed by atoms with Gasteiger partial charge in [-0.05, 0) is 37.3 Å². The third-order valence-electron chi connectivity index (χ3n) is 3.82. The SMILES string of the molecule is CCCC1CCCN(C(=O)c2cccnc2F)CC1. The molecule has 1 aromatic rings. The summed E-state index contributed by atoms with van der Waals surface area (Å²) < 4.78 is 13.5. The molecule has 0 aliphatic carbocycles. The van der Waals surface area contributed by atoms with Crippen molar-refractivity contribution in [1.82, 2.24) is 9.88 Å². The van der Waals surface area contributed by atoms with Crippen molar-refractivity contribution >= 4 is 5.91 Å². The fourth-order valence-electron chi connectivity index (χ4n) is 2.78. The van der Waals surface area contributed by atoms with E-state index in [1.54, 1.807) is 11.0 Å². The van der Waals surface area contributed by atoms with Crippen molar-refractivity contribution < 1.29 is 9.18 Å². The van der Waals surface area contributed by atoms with Crippen molar-refractivity contribution in [1.29, 1.82) is 0 Å². The Hall–Kier alpha value is -1.45. The van der Waals surface area contributed by atoms with E-state index in [0.717, 1.165) is 25.9 Å². The lowest BCUT2D eigenvalue weighted by Crippen LogP contribution is -2.32. The molecule has 19 heavy (non-hydrogen) atoms. The zero-order valence-electron chi connectivity index (χ0n) is 11.4. The number of aromatic nitrogens is 1. The van der Waals surface area contributed by atoms with Gasteiger partial charge in [-0.2, -0.15) is 4.39 Å². The number of rotatable bonds is 3. The Labute approximate surface area is 113 Å². The zero-order valence-corrected chi connectivity index (χ0v) is 11.4. The molecule has 3 nitrogen and oxygen atoms in total. The van der Waals surface area contributed by atoms with Gasteiger partial charge in [-0.1, -0.05) is 19.8 Å². The van der Waals surface area contributed by atoms with Crippen molar-refractivity contribution in [3.8, 4) is 0 Å². The Morgan fingerprint density at radius 1 is 1.47 bits per heavy atom. The van der Waals surface area contributed by atoms with Crippen molar-refractivity contribution in [3.63, 3.8) is 0 Å². The first kappa shape index (κ1) is 14.0. The van der Waals surface area contributed by atoms with Gasteiger partial charge in [-0.25, -0.2) is 4.98 Å². The van der Waals surface area contributed by atoms with Crippen molar-refractivity contribution in [2.75, 3.05) is 13.1 Å². The number of likely N-dealkylation sites (tertiary alicyclic amines) is 1. The van der Waals surface area contributed by atoms with Gasteiger partial charge in [0.25, 0.3) is 5.91 Å². The molecule has 1 amide bonds. The molecule has 104 valence electrons. The van der Waals surface area contributed by atoms with E-state index >= 15 is 0 Å². The molecular formula is C15H21FN2O. The summed E-state index contributed by atoms with van der Waals surface area (Å²) in [4.78, 5) is 17.6. The Morgan fingerprint density at radius 2 is 2.32 bits per heavy atom. The van der Waals surface area contributed by atoms with E-state index in [9.17, 15) is 9.18 Å². The summed E-state index contributed by atoms with van der Waals surface area (Å²) in [6.07, 6.45) is 7.00. The van der Waals surface area contributed by atoms with Crippen LogP contribution in [0.15, 0.2) is 18.3 Å². The van der Waals surface area contributed by atoms with E-state index in [4.69, 9.17) is 0 Å². The number of hydrogen-bond donors (Lipinski definition) is 0. The smallest absolute Gasteiger partial charge is 0.258 e. The number of carbonyl (C=O) groups is 1. The molecule has 0 radical (unpaired) electrons. The minimum Gasteiger partial charge on any atom is -0.338 e. The first-order valence-electron chi connectivity index (χ1n) is 7.12. The fraction of sp³-hybridized carbons (Fsp3) is 0.600. The van der Waals surface area contributed by atoms with Crippen molar-refractivity contribution in [3.05, 3.63) is 29.8 Å². The topological polar surface area (TPSA) is 33.2 Å². The summed E-state index contributed by atoms with van der Waals surface area (Å²) in [5, 5.41) is 0. The van der Waals surface area contributed by atoms with Crippen LogP contribution in [-0.4, -0.2) is 28.9 Å². The van der Waals surface area contributed by atoms with Crippen LogP contribution < -0.4 is 0 Å². The van der Waals surface area contributed by atoms with Crippen LogP contribution >= 0.6 is 0 Å². The molecule has 4 heteroatoms. The monoisotopic (exact) mass is 264 g/mol. The van der Waals surface area contributed by atoms with Gasteiger partial charge in [0.2, 0.25) is 5.95 Å². The molecular weight excluding hydrogens is 243 g/mol. The lowest BCUT2D eigenvalue weighted by Gasteiger charge is -2.20.